The summed E-state index contributed by atoms with van der Waals surface area (Å²) < 4.78 is 5.65. The first-order chi connectivity index (χ1) is 9.49. The Labute approximate surface area is 128 Å². The van der Waals surface area contributed by atoms with Crippen molar-refractivity contribution in [2.45, 2.75) is 19.4 Å². The van der Waals surface area contributed by atoms with Gasteiger partial charge in [-0.3, -0.25) is 4.79 Å². The maximum atomic E-state index is 11.8. The number of carbonyl (C=O) groups excluding carboxylic acids is 1. The van der Waals surface area contributed by atoms with E-state index in [9.17, 15) is 4.79 Å². The normalized spacial score (nSPS) is 11.8. The van der Waals surface area contributed by atoms with Crippen molar-refractivity contribution in [1.29, 1.82) is 0 Å². The molecule has 0 saturated heterocycles. The van der Waals surface area contributed by atoms with E-state index >= 15 is 0 Å². The van der Waals surface area contributed by atoms with E-state index in [0.717, 1.165) is 5.56 Å². The lowest BCUT2D eigenvalue weighted by Crippen LogP contribution is -2.36. The molecule has 1 unspecified atom stereocenters. The molecule has 0 heterocycles. The Hall–Kier alpha value is -1.23. The van der Waals surface area contributed by atoms with Crippen LogP contribution < -0.4 is 15.8 Å². The second-order valence-electron chi connectivity index (χ2n) is 4.21. The number of hydrogen-bond donors (Lipinski definition) is 2. The van der Waals surface area contributed by atoms with Crippen LogP contribution in [0.4, 0.5) is 0 Å². The average Bonchev–Trinajstić information content (AvgIpc) is 2.39. The summed E-state index contributed by atoms with van der Waals surface area (Å²) in [6.07, 6.45) is 1.49. The lowest BCUT2D eigenvalue weighted by Gasteiger charge is -2.18. The number of amides is 1. The minimum atomic E-state index is -0.676. The molecule has 0 saturated carbocycles. The molecule has 1 atom stereocenters. The third kappa shape index (κ3) is 4.71. The summed E-state index contributed by atoms with van der Waals surface area (Å²) in [4.78, 5) is 11.8. The van der Waals surface area contributed by atoms with E-state index < -0.39 is 6.10 Å². The van der Waals surface area contributed by atoms with Crippen LogP contribution in [0.25, 0.3) is 0 Å². The fourth-order valence-electron chi connectivity index (χ4n) is 1.63. The van der Waals surface area contributed by atoms with Crippen LogP contribution in [0.15, 0.2) is 24.8 Å². The molecule has 20 heavy (non-hydrogen) atoms. The van der Waals surface area contributed by atoms with Gasteiger partial charge in [0.05, 0.1) is 5.02 Å². The Morgan fingerprint density at radius 1 is 1.55 bits per heavy atom. The molecule has 0 aromatic heterocycles. The van der Waals surface area contributed by atoms with E-state index in [2.05, 4.69) is 11.9 Å². The van der Waals surface area contributed by atoms with Crippen molar-refractivity contribution in [3.8, 4) is 5.75 Å². The van der Waals surface area contributed by atoms with Gasteiger partial charge in [-0.25, -0.2) is 0 Å². The third-order valence-electron chi connectivity index (χ3n) is 2.58. The van der Waals surface area contributed by atoms with Crippen LogP contribution in [0.5, 0.6) is 5.75 Å². The summed E-state index contributed by atoms with van der Waals surface area (Å²) in [7, 11) is 0. The van der Waals surface area contributed by atoms with E-state index in [1.165, 1.54) is 0 Å². The maximum absolute atomic E-state index is 11.8. The lowest BCUT2D eigenvalue weighted by atomic mass is 10.1. The molecule has 0 bridgehead atoms. The van der Waals surface area contributed by atoms with Crippen LogP contribution in [0.3, 0.4) is 0 Å². The monoisotopic (exact) mass is 316 g/mol. The summed E-state index contributed by atoms with van der Waals surface area (Å²) >= 11 is 12.1. The topological polar surface area (TPSA) is 64.3 Å². The van der Waals surface area contributed by atoms with Gasteiger partial charge in [0.2, 0.25) is 0 Å². The van der Waals surface area contributed by atoms with Gasteiger partial charge in [0.25, 0.3) is 5.91 Å². The number of ether oxygens (including phenoxy) is 1. The zero-order valence-electron chi connectivity index (χ0n) is 11.3. The molecule has 4 nitrogen and oxygen atoms in total. The molecule has 1 amide bonds. The molecule has 1 aromatic rings. The van der Waals surface area contributed by atoms with Gasteiger partial charge < -0.3 is 15.8 Å². The molecular formula is C14H18Cl2N2O2. The van der Waals surface area contributed by atoms with E-state index in [-0.39, 0.29) is 5.91 Å². The van der Waals surface area contributed by atoms with Crippen molar-refractivity contribution in [3.05, 3.63) is 40.4 Å². The SMILES string of the molecule is C=CCNC(=O)C(C)Oc1c(Cl)cc(Cl)cc1CCN. The molecule has 1 aromatic carbocycles. The summed E-state index contributed by atoms with van der Waals surface area (Å²) in [5.41, 5.74) is 6.34. The predicted molar refractivity (Wildman–Crippen MR) is 82.5 cm³/mol. The molecule has 0 aliphatic rings. The standard InChI is InChI=1S/C14H18Cl2N2O2/c1-3-6-18-14(19)9(2)20-13-10(4-5-17)7-11(15)8-12(13)16/h3,7-9H,1,4-6,17H2,2H3,(H,18,19). The number of nitrogens with one attached hydrogen (secondary N) is 1. The van der Waals surface area contributed by atoms with Gasteiger partial charge in [0, 0.05) is 11.6 Å². The molecule has 110 valence electrons. The number of halogens is 2. The van der Waals surface area contributed by atoms with Crippen LogP contribution in [-0.2, 0) is 11.2 Å². The first-order valence-electron chi connectivity index (χ1n) is 6.22. The number of benzene rings is 1. The van der Waals surface area contributed by atoms with Gasteiger partial charge in [-0.2, -0.15) is 0 Å². The van der Waals surface area contributed by atoms with Crippen molar-refractivity contribution >= 4 is 29.1 Å². The zero-order valence-corrected chi connectivity index (χ0v) is 12.8. The van der Waals surface area contributed by atoms with E-state index in [0.29, 0.717) is 35.3 Å². The van der Waals surface area contributed by atoms with Crippen LogP contribution >= 0.6 is 23.2 Å². The lowest BCUT2D eigenvalue weighted by molar-refractivity contribution is -0.127. The fraction of sp³-hybridized carbons (Fsp3) is 0.357. The van der Waals surface area contributed by atoms with Crippen LogP contribution in [0.2, 0.25) is 10.0 Å². The molecule has 1 rings (SSSR count). The first-order valence-corrected chi connectivity index (χ1v) is 6.98. The van der Waals surface area contributed by atoms with Crippen molar-refractivity contribution in [2.24, 2.45) is 5.73 Å². The largest absolute Gasteiger partial charge is 0.479 e. The molecule has 0 fully saturated rings. The summed E-state index contributed by atoms with van der Waals surface area (Å²) in [6, 6.07) is 3.32. The summed E-state index contributed by atoms with van der Waals surface area (Å²) in [5.74, 6) is 0.206. The number of nitrogens with two attached hydrogens (primary N) is 1. The quantitative estimate of drug-likeness (QED) is 0.760. The number of rotatable bonds is 7. The molecule has 6 heteroatoms. The Kier molecular flexibility index (Phi) is 6.85. The van der Waals surface area contributed by atoms with Gasteiger partial charge >= 0.3 is 0 Å². The second-order valence-corrected chi connectivity index (χ2v) is 5.05. The second kappa shape index (κ2) is 8.15. The molecular weight excluding hydrogens is 299 g/mol. The van der Waals surface area contributed by atoms with Crippen molar-refractivity contribution in [1.82, 2.24) is 5.32 Å². The molecule has 3 N–H and O–H groups in total. The summed E-state index contributed by atoms with van der Waals surface area (Å²) in [5, 5.41) is 3.53. The van der Waals surface area contributed by atoms with E-state index in [4.69, 9.17) is 33.7 Å². The van der Waals surface area contributed by atoms with Crippen molar-refractivity contribution in [2.75, 3.05) is 13.1 Å². The van der Waals surface area contributed by atoms with Crippen LogP contribution in [0, 0.1) is 0 Å². The number of hydrogen-bond acceptors (Lipinski definition) is 3. The van der Waals surface area contributed by atoms with Crippen LogP contribution in [-0.4, -0.2) is 25.1 Å². The van der Waals surface area contributed by atoms with E-state index in [1.807, 2.05) is 0 Å². The third-order valence-corrected chi connectivity index (χ3v) is 3.08. The van der Waals surface area contributed by atoms with Gasteiger partial charge in [0.15, 0.2) is 6.10 Å². The van der Waals surface area contributed by atoms with Gasteiger partial charge in [-0.15, -0.1) is 6.58 Å². The van der Waals surface area contributed by atoms with Gasteiger partial charge in [-0.1, -0.05) is 29.3 Å². The van der Waals surface area contributed by atoms with E-state index in [1.54, 1.807) is 25.1 Å². The molecule has 0 spiro atoms. The highest BCUT2D eigenvalue weighted by Crippen LogP contribution is 2.33. The Morgan fingerprint density at radius 2 is 2.25 bits per heavy atom. The van der Waals surface area contributed by atoms with Gasteiger partial charge in [0.1, 0.15) is 5.75 Å². The highest BCUT2D eigenvalue weighted by atomic mass is 35.5. The highest BCUT2D eigenvalue weighted by molar-refractivity contribution is 6.35. The van der Waals surface area contributed by atoms with Crippen molar-refractivity contribution in [3.63, 3.8) is 0 Å². The number of carbonyl (C=O) groups is 1. The van der Waals surface area contributed by atoms with Crippen molar-refractivity contribution < 1.29 is 9.53 Å². The maximum Gasteiger partial charge on any atom is 0.261 e. The minimum absolute atomic E-state index is 0.241. The molecule has 0 radical (unpaired) electrons. The molecule has 0 aliphatic heterocycles. The average molecular weight is 317 g/mol. The smallest absolute Gasteiger partial charge is 0.261 e. The Morgan fingerprint density at radius 3 is 2.85 bits per heavy atom. The fourth-order valence-corrected chi connectivity index (χ4v) is 2.21. The predicted octanol–water partition coefficient (Wildman–Crippen LogP) is 2.56. The zero-order chi connectivity index (χ0) is 15.1. The Bertz CT molecular complexity index is 492. The Balaban J connectivity index is 2.90. The highest BCUT2D eigenvalue weighted by Gasteiger charge is 2.18. The van der Waals surface area contributed by atoms with Gasteiger partial charge in [-0.05, 0) is 37.6 Å². The minimum Gasteiger partial charge on any atom is -0.479 e. The van der Waals surface area contributed by atoms with Crippen LogP contribution in [0.1, 0.15) is 12.5 Å². The molecule has 0 aliphatic carbocycles. The summed E-state index contributed by atoms with van der Waals surface area (Å²) in [6.45, 7) is 6.00. The first kappa shape index (κ1) is 16.8.